The molecule has 0 fully saturated rings. The average Bonchev–Trinajstić information content (AvgIpc) is 3.62. The van der Waals surface area contributed by atoms with Crippen LogP contribution >= 0.6 is 23.1 Å². The van der Waals surface area contributed by atoms with Crippen molar-refractivity contribution in [3.8, 4) is 11.5 Å². The lowest BCUT2D eigenvalue weighted by atomic mass is 10.1. The summed E-state index contributed by atoms with van der Waals surface area (Å²) in [6.07, 6.45) is 0. The van der Waals surface area contributed by atoms with Crippen molar-refractivity contribution in [2.24, 2.45) is 0 Å². The largest absolute Gasteiger partial charge is 0.497 e. The van der Waals surface area contributed by atoms with Crippen LogP contribution in [0.4, 0.5) is 5.00 Å². The van der Waals surface area contributed by atoms with E-state index in [0.29, 0.717) is 40.2 Å². The fraction of sp³-hybridized carbons (Fsp3) is 0.333. The molecule has 48 heavy (non-hydrogen) atoms. The number of rotatable bonds is 15. The molecule has 2 aromatic heterocycles. The second-order valence-corrected chi connectivity index (χ2v) is 12.5. The highest BCUT2D eigenvalue weighted by atomic mass is 32.2. The second-order valence-electron chi connectivity index (χ2n) is 10.2. The number of benzene rings is 2. The number of hydrogen-bond donors (Lipinski definition) is 2. The molecule has 2 N–H and O–H groups in total. The van der Waals surface area contributed by atoms with E-state index in [1.165, 1.54) is 14.2 Å². The van der Waals surface area contributed by atoms with E-state index in [9.17, 15) is 19.2 Å². The molecule has 0 saturated heterocycles. The minimum Gasteiger partial charge on any atom is -0.497 e. The topological polar surface area (TPSA) is 160 Å². The molecule has 2 aromatic carbocycles. The highest BCUT2D eigenvalue weighted by molar-refractivity contribution is 8.00. The zero-order valence-electron chi connectivity index (χ0n) is 27.4. The Labute approximate surface area is 286 Å². The van der Waals surface area contributed by atoms with Crippen molar-refractivity contribution in [3.63, 3.8) is 0 Å². The van der Waals surface area contributed by atoms with Gasteiger partial charge >= 0.3 is 11.9 Å². The summed E-state index contributed by atoms with van der Waals surface area (Å²) in [5.41, 5.74) is 1.78. The van der Waals surface area contributed by atoms with E-state index in [-0.39, 0.29) is 41.1 Å². The van der Waals surface area contributed by atoms with Gasteiger partial charge in [-0.25, -0.2) is 9.59 Å². The van der Waals surface area contributed by atoms with Crippen molar-refractivity contribution in [1.82, 2.24) is 20.1 Å². The van der Waals surface area contributed by atoms with Gasteiger partial charge in [0.1, 0.15) is 21.4 Å². The molecule has 2 amide bonds. The van der Waals surface area contributed by atoms with Gasteiger partial charge < -0.3 is 34.1 Å². The summed E-state index contributed by atoms with van der Waals surface area (Å²) in [6.45, 7) is 7.36. The molecule has 4 aromatic rings. The number of methoxy groups -OCH3 is 2. The van der Waals surface area contributed by atoms with Gasteiger partial charge in [-0.15, -0.1) is 21.5 Å². The van der Waals surface area contributed by atoms with E-state index < -0.39 is 23.1 Å². The smallest absolute Gasteiger partial charge is 0.348 e. The Balaban J connectivity index is 1.56. The SMILES string of the molecule is CCOC(=O)c1sc(NC(=O)[C@@H](C)Sc2nnc(CNC(=O)c3cc(OC)cc(OC)c3)n2Cc2ccccc2)c(C(=O)OCC)c1C. The monoisotopic (exact) mass is 695 g/mol. The third kappa shape index (κ3) is 8.72. The first-order valence-electron chi connectivity index (χ1n) is 15.0. The minimum absolute atomic E-state index is 0.0489. The molecule has 13 nitrogen and oxygen atoms in total. The van der Waals surface area contributed by atoms with Crippen LogP contribution in [0.3, 0.4) is 0 Å². The van der Waals surface area contributed by atoms with Gasteiger partial charge in [0, 0.05) is 11.6 Å². The fourth-order valence-corrected chi connectivity index (χ4v) is 6.49. The summed E-state index contributed by atoms with van der Waals surface area (Å²) < 4.78 is 22.7. The molecule has 15 heteroatoms. The third-order valence-corrected chi connectivity index (χ3v) is 9.24. The van der Waals surface area contributed by atoms with Crippen LogP contribution in [0.2, 0.25) is 0 Å². The van der Waals surface area contributed by atoms with Crippen molar-refractivity contribution >= 4 is 51.9 Å². The third-order valence-electron chi connectivity index (χ3n) is 6.97. The standard InChI is InChI=1S/C33H37N5O8S2/c1-7-45-31(41)26-19(3)27(32(42)46-8-2)48-30(26)35-28(39)20(4)47-33-37-36-25(38(33)18-21-12-10-9-11-13-21)17-34-29(40)22-14-23(43-5)16-24(15-22)44-6/h9-16,20H,7-8,17-18H2,1-6H3,(H,34,40)(H,35,39)/t20-/m1/s1. The van der Waals surface area contributed by atoms with Gasteiger partial charge in [0.2, 0.25) is 5.91 Å². The van der Waals surface area contributed by atoms with Crippen LogP contribution in [0, 0.1) is 6.92 Å². The first kappa shape index (κ1) is 36.0. The molecule has 0 aliphatic carbocycles. The summed E-state index contributed by atoms with van der Waals surface area (Å²) in [4.78, 5) is 52.2. The number of esters is 2. The molecule has 0 aliphatic heterocycles. The number of thioether (sulfide) groups is 1. The number of carbonyl (C=O) groups is 4. The van der Waals surface area contributed by atoms with E-state index >= 15 is 0 Å². The van der Waals surface area contributed by atoms with Gasteiger partial charge in [-0.3, -0.25) is 9.59 Å². The molecule has 0 radical (unpaired) electrons. The number of hydrogen-bond acceptors (Lipinski definition) is 12. The first-order valence-corrected chi connectivity index (χ1v) is 16.7. The maximum Gasteiger partial charge on any atom is 0.348 e. The Bertz CT molecular complexity index is 1750. The summed E-state index contributed by atoms with van der Waals surface area (Å²) in [5.74, 6) is -0.627. The molecule has 2 heterocycles. The molecule has 0 saturated carbocycles. The van der Waals surface area contributed by atoms with Crippen LogP contribution in [0.25, 0.3) is 0 Å². The van der Waals surface area contributed by atoms with Gasteiger partial charge in [0.05, 0.1) is 51.3 Å². The highest BCUT2D eigenvalue weighted by Crippen LogP contribution is 2.35. The number of ether oxygens (including phenoxy) is 4. The predicted molar refractivity (Wildman–Crippen MR) is 181 cm³/mol. The average molecular weight is 696 g/mol. The van der Waals surface area contributed by atoms with Gasteiger partial charge in [-0.05, 0) is 51.0 Å². The Morgan fingerprint density at radius 2 is 1.58 bits per heavy atom. The van der Waals surface area contributed by atoms with Crippen LogP contribution in [0.1, 0.15) is 68.1 Å². The molecule has 0 unspecified atom stereocenters. The quantitative estimate of drug-likeness (QED) is 0.126. The molecule has 254 valence electrons. The van der Waals surface area contributed by atoms with Crippen LogP contribution < -0.4 is 20.1 Å². The van der Waals surface area contributed by atoms with Crippen molar-refractivity contribution < 1.29 is 38.1 Å². The van der Waals surface area contributed by atoms with Gasteiger partial charge in [0.25, 0.3) is 5.91 Å². The molecular weight excluding hydrogens is 659 g/mol. The number of carbonyl (C=O) groups excluding carboxylic acids is 4. The van der Waals surface area contributed by atoms with E-state index in [0.717, 1.165) is 28.7 Å². The zero-order valence-corrected chi connectivity index (χ0v) is 29.1. The van der Waals surface area contributed by atoms with Crippen molar-refractivity contribution in [2.45, 2.75) is 51.2 Å². The fourth-order valence-electron chi connectivity index (χ4n) is 4.53. The number of thiophene rings is 1. The lowest BCUT2D eigenvalue weighted by molar-refractivity contribution is -0.115. The molecule has 0 spiro atoms. The molecule has 4 rings (SSSR count). The number of nitrogens with one attached hydrogen (secondary N) is 2. The van der Waals surface area contributed by atoms with E-state index in [4.69, 9.17) is 18.9 Å². The molecular formula is C33H37N5O8S2. The number of amides is 2. The Morgan fingerprint density at radius 3 is 2.21 bits per heavy atom. The van der Waals surface area contributed by atoms with Crippen molar-refractivity contribution in [3.05, 3.63) is 81.5 Å². The number of aromatic nitrogens is 3. The van der Waals surface area contributed by atoms with Crippen LogP contribution in [-0.4, -0.2) is 71.2 Å². The summed E-state index contributed by atoms with van der Waals surface area (Å²) in [5, 5.41) is 14.3. The lowest BCUT2D eigenvalue weighted by Crippen LogP contribution is -2.25. The summed E-state index contributed by atoms with van der Waals surface area (Å²) in [7, 11) is 3.01. The van der Waals surface area contributed by atoms with Crippen molar-refractivity contribution in [2.75, 3.05) is 32.8 Å². The van der Waals surface area contributed by atoms with Gasteiger partial charge in [0.15, 0.2) is 11.0 Å². The minimum atomic E-state index is -0.709. The molecule has 1 atom stereocenters. The van der Waals surface area contributed by atoms with Crippen molar-refractivity contribution in [1.29, 1.82) is 0 Å². The first-order chi connectivity index (χ1) is 23.1. The normalized spacial score (nSPS) is 11.4. The molecule has 0 aliphatic rings. The van der Waals surface area contributed by atoms with Gasteiger partial charge in [-0.2, -0.15) is 0 Å². The van der Waals surface area contributed by atoms with Crippen LogP contribution in [0.15, 0.2) is 53.7 Å². The van der Waals surface area contributed by atoms with Gasteiger partial charge in [-0.1, -0.05) is 42.1 Å². The maximum absolute atomic E-state index is 13.5. The lowest BCUT2D eigenvalue weighted by Gasteiger charge is -2.14. The second kappa shape index (κ2) is 16.8. The van der Waals surface area contributed by atoms with Crippen LogP contribution in [-0.2, 0) is 27.4 Å². The highest BCUT2D eigenvalue weighted by Gasteiger charge is 2.29. The maximum atomic E-state index is 13.5. The van der Waals surface area contributed by atoms with E-state index in [1.54, 1.807) is 45.9 Å². The van der Waals surface area contributed by atoms with E-state index in [1.807, 2.05) is 34.9 Å². The predicted octanol–water partition coefficient (Wildman–Crippen LogP) is 5.12. The number of anilines is 1. The summed E-state index contributed by atoms with van der Waals surface area (Å²) >= 11 is 2.11. The Kier molecular flexibility index (Phi) is 12.6. The van der Waals surface area contributed by atoms with Crippen LogP contribution in [0.5, 0.6) is 11.5 Å². The number of nitrogens with zero attached hydrogens (tertiary/aromatic N) is 3. The summed E-state index contributed by atoms with van der Waals surface area (Å²) in [6, 6.07) is 14.5. The zero-order chi connectivity index (χ0) is 34.8. The Morgan fingerprint density at radius 1 is 0.938 bits per heavy atom. The molecule has 0 bridgehead atoms. The Hall–Kier alpha value is -4.89. The van der Waals surface area contributed by atoms with E-state index in [2.05, 4.69) is 20.8 Å².